The number of nitrogen functional groups attached to an aromatic ring is 1. The molecule has 5 aliphatic heterocycles. The second-order valence-electron chi connectivity index (χ2n) is 40.0. The van der Waals surface area contributed by atoms with Crippen LogP contribution in [0.25, 0.3) is 0 Å². The Bertz CT molecular complexity index is 6780. The zero-order chi connectivity index (χ0) is 109. The lowest BCUT2D eigenvalue weighted by Crippen LogP contribution is -2.66. The molecule has 3 aromatic carbocycles. The lowest BCUT2D eigenvalue weighted by molar-refractivity contribution is -0.386. The van der Waals surface area contributed by atoms with Crippen molar-refractivity contribution in [1.29, 1.82) is 0 Å². The van der Waals surface area contributed by atoms with Crippen molar-refractivity contribution in [2.75, 3.05) is 193 Å². The first-order valence-corrected chi connectivity index (χ1v) is 56.1. The average Bonchev–Trinajstić information content (AvgIpc) is 0.724. The summed E-state index contributed by atoms with van der Waals surface area (Å²) in [6.45, 7) is 16.4. The smallest absolute Gasteiger partial charge is 0.331 e. The van der Waals surface area contributed by atoms with Gasteiger partial charge >= 0.3 is 11.4 Å². The first-order chi connectivity index (χ1) is 70.4. The van der Waals surface area contributed by atoms with Crippen LogP contribution in [0, 0.1) is 47.3 Å². The minimum Gasteiger partial charge on any atom is -0.479 e. The molecule has 21 rings (SSSR count). The van der Waals surface area contributed by atoms with Gasteiger partial charge in [0.25, 0.3) is 11.8 Å². The number of methoxy groups -OCH3 is 5. The number of nitrogens with two attached hydrogens (primary N) is 1. The Hall–Kier alpha value is -12.2. The van der Waals surface area contributed by atoms with Crippen molar-refractivity contribution in [2.24, 2.45) is 27.1 Å². The third kappa shape index (κ3) is 26.6. The van der Waals surface area contributed by atoms with E-state index in [1.165, 1.54) is 78.4 Å². The number of hydrogen-bond donors (Lipinski definition) is 7. The highest BCUT2D eigenvalue weighted by atomic mass is 35.5. The van der Waals surface area contributed by atoms with Gasteiger partial charge < -0.3 is 94.6 Å². The van der Waals surface area contributed by atoms with Gasteiger partial charge in [0.2, 0.25) is 64.4 Å². The van der Waals surface area contributed by atoms with Crippen LogP contribution in [-0.4, -0.2) is 235 Å². The molecule has 0 bridgehead atoms. The van der Waals surface area contributed by atoms with E-state index in [-0.39, 0.29) is 137 Å². The predicted molar refractivity (Wildman–Crippen MR) is 561 cm³/mol. The first-order valence-electron chi connectivity index (χ1n) is 46.4. The molecule has 36 nitrogen and oxygen atoms in total. The monoisotopic (exact) mass is 2240 g/mol. The first kappa shape index (κ1) is 112. The van der Waals surface area contributed by atoms with E-state index in [0.29, 0.717) is 165 Å². The highest BCUT2D eigenvalue weighted by Crippen LogP contribution is 2.62. The fraction of sp³-hybridized carbons (Fsp3) is 0.427. The van der Waals surface area contributed by atoms with Crippen molar-refractivity contribution in [3.05, 3.63) is 198 Å². The van der Waals surface area contributed by atoms with Gasteiger partial charge in [-0.15, -0.1) is 0 Å². The maximum atomic E-state index is 13.3. The van der Waals surface area contributed by atoms with Gasteiger partial charge in [-0.3, -0.25) is 20.2 Å². The van der Waals surface area contributed by atoms with E-state index in [0.717, 1.165) is 24.2 Å². The minimum absolute atomic E-state index is 0.00259. The SMILES string of the molecule is COc1nc(Cl)ccc1[N+](=O)[O-].COc1nc(N2CC3(C2)CC(F)(F)C3)ccc1N.COc1nc(N2CC3(C2)CC(F)(F)C3)ccc1Nc1ncc(Cl)c(Nc2ccccc2P(C)(C)=O)n1.COc1nc(N2CC3(C2)CC(F)(F)C3)ccc1Nc1ncc(Cl)c(Nc2ccccc2P(C)(C)=O)n1.COc1nc(N2CC3(C2)CC(F)(F)C3)ccc1[N+](=O)[O-].CP(C)(=O)c1ccccc1Nc1nc(Cl)ncc1Cl.FC1(F)CC2(CNC2)C1. The number of nitro groups is 2. The van der Waals surface area contributed by atoms with Crippen LogP contribution in [0.15, 0.2) is 152 Å². The minimum atomic E-state index is -2.54. The number of anilines is 15. The van der Waals surface area contributed by atoms with Gasteiger partial charge in [0.05, 0.1) is 86.7 Å². The molecule has 0 atom stereocenters. The number of para-hydroxylation sites is 3. The zero-order valence-electron chi connectivity index (χ0n) is 82.7. The number of aromatic nitrogens is 11. The van der Waals surface area contributed by atoms with E-state index >= 15 is 0 Å². The van der Waals surface area contributed by atoms with Gasteiger partial charge in [-0.2, -0.15) is 39.9 Å². The van der Waals surface area contributed by atoms with Gasteiger partial charge in [-0.05, 0) is 137 Å². The van der Waals surface area contributed by atoms with Gasteiger partial charge in [0, 0.05) is 185 Å². The van der Waals surface area contributed by atoms with Crippen LogP contribution in [0.3, 0.4) is 0 Å². The summed E-state index contributed by atoms with van der Waals surface area (Å²) in [5, 5.41) is 43.0. The molecule has 11 aromatic rings. The molecule has 150 heavy (non-hydrogen) atoms. The molecule has 802 valence electrons. The second-order valence-corrected chi connectivity index (χ2v) is 51.5. The number of benzene rings is 3. The molecule has 0 unspecified atom stereocenters. The predicted octanol–water partition coefficient (Wildman–Crippen LogP) is 21.6. The third-order valence-electron chi connectivity index (χ3n) is 26.3. The van der Waals surface area contributed by atoms with E-state index in [2.05, 4.69) is 91.5 Å². The van der Waals surface area contributed by atoms with E-state index < -0.39 is 60.9 Å². The van der Waals surface area contributed by atoms with Crippen LogP contribution in [0.2, 0.25) is 25.5 Å². The van der Waals surface area contributed by atoms with Crippen LogP contribution in [0.4, 0.5) is 142 Å². The Morgan fingerprint density at radius 2 is 0.627 bits per heavy atom. The molecule has 10 aliphatic rings. The summed E-state index contributed by atoms with van der Waals surface area (Å²) in [5.41, 5.74) is 7.76. The second kappa shape index (κ2) is 43.5. The Labute approximate surface area is 880 Å². The number of hydrogen-bond acceptors (Lipinski definition) is 34. The molecule has 5 spiro atoms. The lowest BCUT2D eigenvalue weighted by Gasteiger charge is -2.59. The average molecular weight is 2250 g/mol. The molecular formula is C96H106Cl5F10N24O12P3. The van der Waals surface area contributed by atoms with Crippen LogP contribution < -0.4 is 96.8 Å². The highest BCUT2D eigenvalue weighted by Gasteiger charge is 2.66. The molecule has 5 saturated carbocycles. The van der Waals surface area contributed by atoms with Crippen molar-refractivity contribution in [3.8, 4) is 29.4 Å². The maximum absolute atomic E-state index is 13.3. The molecule has 54 heteroatoms. The number of nitrogens with zero attached hydrogens (tertiary/aromatic N) is 17. The fourth-order valence-corrected chi connectivity index (χ4v) is 24.0. The number of nitrogens with one attached hydrogen (secondary N) is 6. The number of halogens is 15. The maximum Gasteiger partial charge on any atom is 0.331 e. The Kier molecular flexibility index (Phi) is 32.5. The van der Waals surface area contributed by atoms with Crippen LogP contribution >= 0.6 is 79.4 Å². The van der Waals surface area contributed by atoms with Gasteiger partial charge in [0.15, 0.2) is 17.5 Å². The normalized spacial score (nSPS) is 18.6. The number of ether oxygens (including phenoxy) is 5. The lowest BCUT2D eigenvalue weighted by atomic mass is 9.61. The standard InChI is InChI=1S/2C24H26ClF2N6O2P.C12H12Cl2N3OP.C12H13F2N3O3.C12H15F2N3O.C6H5ClN2O3.C6H9F2N/c2*1-35-21-17(8-9-19(31-21)33-13-23(14-33)11-24(26,27)12-23)30-22-28-10-15(25)20(32-22)29-16-6-4-5-7-18(16)36(2,3)34;1-19(2,18)10-6-4-3-5-9(10)16-11-8(13)7-15-12(14)17-11;1-20-10-8(17(18)19)2-3-9(15-10)16-6-11(7-16)4-12(13,14)5-11;1-18-10-8(15)2-3-9(16-10)17-6-11(7-17)4-12(13,14)5-11;1-12-6-4(9(10)11)2-3-5(7)8-6;7-6(8)1-5(2-6)3-9-4-5/h2*4-10H,11-14H2,1-3H3,(H2,28,29,30,32);3-7H,1-2H3,(H,15,16,17);2-3H,4-7H2,1H3;2-3H,4-7,15H2,1H3;2-3H,1H3;9H,1-4H2. The van der Waals surface area contributed by atoms with E-state index in [1.807, 2.05) is 92.4 Å². The summed E-state index contributed by atoms with van der Waals surface area (Å²) in [6.07, 6.45) is 4.17. The molecule has 8 N–H and O–H groups in total. The van der Waals surface area contributed by atoms with Gasteiger partial charge in [-0.25, -0.2) is 58.9 Å². The molecule has 10 fully saturated rings. The summed E-state index contributed by atoms with van der Waals surface area (Å²) in [4.78, 5) is 74.0. The number of pyridine rings is 5. The highest BCUT2D eigenvalue weighted by molar-refractivity contribution is 7.71. The summed E-state index contributed by atoms with van der Waals surface area (Å²) in [7, 11) is -0.365. The van der Waals surface area contributed by atoms with Gasteiger partial charge in [-0.1, -0.05) is 82.8 Å². The Morgan fingerprint density at radius 1 is 0.347 bits per heavy atom. The Morgan fingerprint density at radius 3 is 0.927 bits per heavy atom. The summed E-state index contributed by atoms with van der Waals surface area (Å²) >= 11 is 29.9. The van der Waals surface area contributed by atoms with Crippen molar-refractivity contribution in [3.63, 3.8) is 0 Å². The summed E-state index contributed by atoms with van der Waals surface area (Å²) < 4.78 is 192. The fourth-order valence-electron chi connectivity index (χ4n) is 19.9. The van der Waals surface area contributed by atoms with Gasteiger partial charge in [0.1, 0.15) is 76.3 Å². The number of rotatable bonds is 24. The molecule has 5 aliphatic carbocycles. The molecule has 0 radical (unpaired) electrons. The molecule has 5 saturated heterocycles. The van der Waals surface area contributed by atoms with Crippen LogP contribution in [0.5, 0.6) is 29.4 Å². The molecular weight excluding hydrogens is 2140 g/mol. The van der Waals surface area contributed by atoms with E-state index in [4.69, 9.17) is 82.7 Å². The molecule has 0 amide bonds. The van der Waals surface area contributed by atoms with E-state index in [1.54, 1.807) is 76.4 Å². The summed E-state index contributed by atoms with van der Waals surface area (Å²) in [5.74, 6) is -7.33. The Balaban J connectivity index is 0.000000137. The third-order valence-corrected chi connectivity index (χ3v) is 32.2. The van der Waals surface area contributed by atoms with Crippen molar-refractivity contribution < 1.29 is 91.1 Å². The van der Waals surface area contributed by atoms with Crippen LogP contribution in [-0.2, 0) is 13.7 Å². The van der Waals surface area contributed by atoms with Crippen molar-refractivity contribution >= 4 is 193 Å². The number of alkyl halides is 10. The van der Waals surface area contributed by atoms with Crippen molar-refractivity contribution in [2.45, 2.75) is 93.8 Å². The van der Waals surface area contributed by atoms with Crippen LogP contribution in [0.1, 0.15) is 64.2 Å². The topological polar surface area (TPSA) is 437 Å². The zero-order valence-corrected chi connectivity index (χ0v) is 89.1. The summed E-state index contributed by atoms with van der Waals surface area (Å²) in [6, 6.07) is 38.0. The molecule has 8 aromatic heterocycles. The largest absolute Gasteiger partial charge is 0.479 e. The van der Waals surface area contributed by atoms with Crippen molar-refractivity contribution in [1.82, 2.24) is 60.1 Å². The quantitative estimate of drug-likeness (QED) is 0.00737. The van der Waals surface area contributed by atoms with E-state index in [9.17, 15) is 77.8 Å². The molecule has 13 heterocycles.